The monoisotopic (exact) mass is 477 g/mol. The first-order chi connectivity index (χ1) is 16.3. The summed E-state index contributed by atoms with van der Waals surface area (Å²) in [5, 5.41) is 4.02. The van der Waals surface area contributed by atoms with Gasteiger partial charge in [-0.25, -0.2) is 9.78 Å². The van der Waals surface area contributed by atoms with Crippen LogP contribution in [0.25, 0.3) is 21.3 Å². The Morgan fingerprint density at radius 3 is 2.56 bits per heavy atom. The van der Waals surface area contributed by atoms with Gasteiger partial charge in [0.1, 0.15) is 0 Å². The van der Waals surface area contributed by atoms with Crippen LogP contribution in [0.4, 0.5) is 5.69 Å². The molecule has 0 atom stereocenters. The maximum Gasteiger partial charge on any atom is 0.328 e. The Balaban J connectivity index is 1.18. The zero-order chi connectivity index (χ0) is 24.0. The molecule has 9 heteroatoms. The van der Waals surface area contributed by atoms with Crippen LogP contribution in [0.3, 0.4) is 0 Å². The molecule has 0 saturated carbocycles. The van der Waals surface area contributed by atoms with Crippen LogP contribution >= 0.6 is 11.3 Å². The number of nitrogens with zero attached hydrogens (tertiary/aromatic N) is 4. The van der Waals surface area contributed by atoms with Crippen molar-refractivity contribution in [3.05, 3.63) is 57.5 Å². The van der Waals surface area contributed by atoms with Gasteiger partial charge in [-0.05, 0) is 62.1 Å². The summed E-state index contributed by atoms with van der Waals surface area (Å²) in [6, 6.07) is 11.2. The fraction of sp³-hybridized carbons (Fsp3) is 0.360. The van der Waals surface area contributed by atoms with Gasteiger partial charge in [0.05, 0.1) is 26.3 Å². The highest BCUT2D eigenvalue weighted by Crippen LogP contribution is 2.26. The smallest absolute Gasteiger partial charge is 0.328 e. The molecular formula is C25H27N5O3S. The van der Waals surface area contributed by atoms with E-state index in [1.165, 1.54) is 0 Å². The Morgan fingerprint density at radius 1 is 1.06 bits per heavy atom. The summed E-state index contributed by atoms with van der Waals surface area (Å²) in [6.07, 6.45) is 2.02. The second-order valence-electron chi connectivity index (χ2n) is 9.01. The highest BCUT2D eigenvalue weighted by Gasteiger charge is 2.26. The number of benzene rings is 2. The van der Waals surface area contributed by atoms with Crippen LogP contribution in [-0.4, -0.2) is 43.9 Å². The summed E-state index contributed by atoms with van der Waals surface area (Å²) in [5.74, 6) is 0.214. The number of imidazole rings is 1. The van der Waals surface area contributed by atoms with Crippen LogP contribution in [0.1, 0.15) is 34.6 Å². The van der Waals surface area contributed by atoms with Crippen LogP contribution in [0.5, 0.6) is 0 Å². The minimum Gasteiger partial charge on any atom is -0.339 e. The zero-order valence-corrected chi connectivity index (χ0v) is 20.3. The molecule has 0 aliphatic carbocycles. The van der Waals surface area contributed by atoms with E-state index >= 15 is 0 Å². The van der Waals surface area contributed by atoms with Crippen molar-refractivity contribution < 1.29 is 9.59 Å². The number of amides is 2. The van der Waals surface area contributed by atoms with Crippen LogP contribution < -0.4 is 11.0 Å². The number of rotatable bonds is 4. The lowest BCUT2D eigenvalue weighted by atomic mass is 9.92. The largest absolute Gasteiger partial charge is 0.339 e. The third-order valence-electron chi connectivity index (χ3n) is 6.67. The first-order valence-corrected chi connectivity index (χ1v) is 12.2. The summed E-state index contributed by atoms with van der Waals surface area (Å²) in [4.78, 5) is 44.1. The number of aromatic nitrogens is 3. The number of nitrogens with one attached hydrogen (secondary N) is 1. The molecule has 1 fully saturated rings. The van der Waals surface area contributed by atoms with Gasteiger partial charge in [-0.1, -0.05) is 0 Å². The molecule has 2 aromatic carbocycles. The molecule has 2 amide bonds. The van der Waals surface area contributed by atoms with Crippen molar-refractivity contribution in [2.45, 2.75) is 26.2 Å². The Kier molecular flexibility index (Phi) is 5.73. The van der Waals surface area contributed by atoms with Crippen molar-refractivity contribution in [2.75, 3.05) is 18.4 Å². The maximum atomic E-state index is 13.1. The Bertz CT molecular complexity index is 1470. The lowest BCUT2D eigenvalue weighted by molar-refractivity contribution is -0.117. The Hall–Kier alpha value is -3.46. The molecule has 0 radical (unpaired) electrons. The molecule has 0 bridgehead atoms. The minimum atomic E-state index is -0.110. The third-order valence-corrected chi connectivity index (χ3v) is 7.61. The summed E-state index contributed by atoms with van der Waals surface area (Å²) < 4.78 is 4.21. The second kappa shape index (κ2) is 8.72. The van der Waals surface area contributed by atoms with Crippen molar-refractivity contribution in [1.29, 1.82) is 0 Å². The normalized spacial score (nSPS) is 14.7. The molecule has 1 N–H and O–H groups in total. The first-order valence-electron chi connectivity index (χ1n) is 11.4. The van der Waals surface area contributed by atoms with E-state index in [1.54, 1.807) is 46.7 Å². The molecule has 1 saturated heterocycles. The number of carbonyl (C=O) groups excluding carboxylic acids is 2. The van der Waals surface area contributed by atoms with Gasteiger partial charge in [-0.3, -0.25) is 18.7 Å². The predicted octanol–water partition coefficient (Wildman–Crippen LogP) is 3.68. The minimum absolute atomic E-state index is 0.000750. The van der Waals surface area contributed by atoms with Crippen LogP contribution in [0.15, 0.2) is 41.2 Å². The Labute approximate surface area is 200 Å². The van der Waals surface area contributed by atoms with E-state index in [-0.39, 0.29) is 23.4 Å². The molecule has 0 unspecified atom stereocenters. The highest BCUT2D eigenvalue weighted by molar-refractivity contribution is 7.18. The maximum absolute atomic E-state index is 13.1. The number of hydrogen-bond donors (Lipinski definition) is 1. The van der Waals surface area contributed by atoms with E-state index in [0.717, 1.165) is 44.8 Å². The van der Waals surface area contributed by atoms with E-state index in [1.807, 2.05) is 36.1 Å². The van der Waals surface area contributed by atoms with E-state index < -0.39 is 0 Å². The van der Waals surface area contributed by atoms with Crippen molar-refractivity contribution in [3.8, 4) is 0 Å². The summed E-state index contributed by atoms with van der Waals surface area (Å²) in [5.41, 5.74) is 3.76. The fourth-order valence-corrected chi connectivity index (χ4v) is 5.62. The molecule has 34 heavy (non-hydrogen) atoms. The highest BCUT2D eigenvalue weighted by atomic mass is 32.1. The SMILES string of the molecule is Cc1nc2ccc(NC(=O)CC3CCN(C(=O)c4ccc5c(c4)n(C)c(=O)n5C)CC3)cc2s1. The molecule has 3 heterocycles. The number of thiazole rings is 1. The van der Waals surface area contributed by atoms with Gasteiger partial charge in [-0.15, -0.1) is 11.3 Å². The quantitative estimate of drug-likeness (QED) is 0.486. The van der Waals surface area contributed by atoms with Crippen LogP contribution in [-0.2, 0) is 18.9 Å². The summed E-state index contributed by atoms with van der Waals surface area (Å²) in [6.45, 7) is 3.21. The standard InChI is InChI=1S/C25H27N5O3S/c1-15-26-19-6-5-18(14-22(19)34-15)27-23(31)12-16-8-10-30(11-9-16)24(32)17-4-7-20-21(13-17)29(3)25(33)28(20)2/h4-7,13-14,16H,8-12H2,1-3H3,(H,27,31). The van der Waals surface area contributed by atoms with E-state index in [0.29, 0.717) is 25.1 Å². The van der Waals surface area contributed by atoms with Gasteiger partial charge in [0.25, 0.3) is 5.91 Å². The number of carbonyl (C=O) groups is 2. The number of fused-ring (bicyclic) bond motifs is 2. The topological polar surface area (TPSA) is 89.2 Å². The number of piperidine rings is 1. The number of hydrogen-bond acceptors (Lipinski definition) is 5. The first kappa shape index (κ1) is 22.3. The molecule has 1 aliphatic rings. The molecule has 8 nitrogen and oxygen atoms in total. The van der Waals surface area contributed by atoms with Crippen molar-refractivity contribution in [3.63, 3.8) is 0 Å². The molecule has 4 aromatic rings. The number of aryl methyl sites for hydroxylation is 3. The van der Waals surface area contributed by atoms with Gasteiger partial charge >= 0.3 is 5.69 Å². The molecular weight excluding hydrogens is 450 g/mol. The van der Waals surface area contributed by atoms with E-state index in [2.05, 4.69) is 10.3 Å². The van der Waals surface area contributed by atoms with Gasteiger partial charge in [0, 0.05) is 44.9 Å². The zero-order valence-electron chi connectivity index (χ0n) is 19.5. The third kappa shape index (κ3) is 4.11. The number of anilines is 1. The fourth-order valence-electron chi connectivity index (χ4n) is 4.75. The lowest BCUT2D eigenvalue weighted by Gasteiger charge is -2.32. The molecule has 2 aromatic heterocycles. The molecule has 1 aliphatic heterocycles. The average Bonchev–Trinajstić information content (AvgIpc) is 3.30. The predicted molar refractivity (Wildman–Crippen MR) is 134 cm³/mol. The summed E-state index contributed by atoms with van der Waals surface area (Å²) in [7, 11) is 3.44. The Morgan fingerprint density at radius 2 is 1.79 bits per heavy atom. The van der Waals surface area contributed by atoms with Crippen LogP contribution in [0, 0.1) is 12.8 Å². The average molecular weight is 478 g/mol. The van der Waals surface area contributed by atoms with Crippen molar-refractivity contribution >= 4 is 50.1 Å². The second-order valence-corrected chi connectivity index (χ2v) is 10.2. The van der Waals surface area contributed by atoms with Gasteiger partial charge in [0.2, 0.25) is 5.91 Å². The van der Waals surface area contributed by atoms with Gasteiger partial charge < -0.3 is 10.2 Å². The van der Waals surface area contributed by atoms with Crippen molar-refractivity contribution in [2.24, 2.45) is 20.0 Å². The summed E-state index contributed by atoms with van der Waals surface area (Å²) >= 11 is 1.62. The molecule has 0 spiro atoms. The van der Waals surface area contributed by atoms with Crippen molar-refractivity contribution in [1.82, 2.24) is 19.0 Å². The number of likely N-dealkylation sites (tertiary alicyclic amines) is 1. The molecule has 5 rings (SSSR count). The lowest BCUT2D eigenvalue weighted by Crippen LogP contribution is -2.39. The van der Waals surface area contributed by atoms with E-state index in [9.17, 15) is 14.4 Å². The van der Waals surface area contributed by atoms with Gasteiger partial charge in [0.15, 0.2) is 0 Å². The van der Waals surface area contributed by atoms with Crippen LogP contribution in [0.2, 0.25) is 0 Å². The molecule has 176 valence electrons. The van der Waals surface area contributed by atoms with Gasteiger partial charge in [-0.2, -0.15) is 0 Å². The van der Waals surface area contributed by atoms with E-state index in [4.69, 9.17) is 0 Å².